The van der Waals surface area contributed by atoms with Crippen molar-refractivity contribution in [1.82, 2.24) is 0 Å². The molecule has 4 aromatic rings. The van der Waals surface area contributed by atoms with Crippen molar-refractivity contribution in [2.75, 3.05) is 25.0 Å². The lowest BCUT2D eigenvalue weighted by molar-refractivity contribution is 0.754. The molecule has 5 rings (SSSR count). The van der Waals surface area contributed by atoms with E-state index in [1.807, 2.05) is 104 Å². The molecular weight excluding hydrogens is 589 g/mol. The Morgan fingerprint density at radius 2 is 1.24 bits per heavy atom. The van der Waals surface area contributed by atoms with E-state index >= 15 is 0 Å². The maximum Gasteiger partial charge on any atom is 0.0674 e. The minimum absolute atomic E-state index is 0.0135. The van der Waals surface area contributed by atoms with Crippen molar-refractivity contribution in [1.29, 1.82) is 0 Å². The molecule has 0 radical (unpaired) electrons. The van der Waals surface area contributed by atoms with E-state index in [4.69, 9.17) is 0 Å². The molecule has 0 fully saturated rings. The first-order chi connectivity index (χ1) is 16.6. The Hall–Kier alpha value is 0.290. The minimum atomic E-state index is 0.0135. The zero-order valence-electron chi connectivity index (χ0n) is 19.4. The molecule has 178 valence electrons. The molecule has 34 heavy (non-hydrogen) atoms. The van der Waals surface area contributed by atoms with E-state index in [2.05, 4.69) is 77.8 Å². The summed E-state index contributed by atoms with van der Waals surface area (Å²) in [6.07, 6.45) is 11.3. The van der Waals surface area contributed by atoms with Crippen molar-refractivity contribution in [3.63, 3.8) is 0 Å². The zero-order valence-corrected chi connectivity index (χ0v) is 26.7. The summed E-state index contributed by atoms with van der Waals surface area (Å²) >= 11 is 17.3. The highest BCUT2D eigenvalue weighted by atomic mass is 32.2. The Morgan fingerprint density at radius 1 is 0.706 bits per heavy atom. The molecule has 0 spiro atoms. The molecule has 2 unspecified atom stereocenters. The van der Waals surface area contributed by atoms with Gasteiger partial charge >= 0.3 is 0 Å². The molecule has 1 aliphatic rings. The van der Waals surface area contributed by atoms with Crippen LogP contribution in [0.3, 0.4) is 0 Å². The van der Waals surface area contributed by atoms with Gasteiger partial charge in [0.05, 0.1) is 14.5 Å². The lowest BCUT2D eigenvalue weighted by atomic mass is 9.95. The molecule has 0 aliphatic carbocycles. The summed E-state index contributed by atoms with van der Waals surface area (Å²) in [6.45, 7) is 2.46. The van der Waals surface area contributed by atoms with Crippen LogP contribution in [0, 0.1) is 0 Å². The van der Waals surface area contributed by atoms with Crippen LogP contribution in [-0.2, 0) is 4.75 Å². The van der Waals surface area contributed by atoms with Crippen molar-refractivity contribution < 1.29 is 0 Å². The summed E-state index contributed by atoms with van der Waals surface area (Å²) in [5.41, 5.74) is 2.92. The number of thioether (sulfide) groups is 5. The molecule has 0 amide bonds. The standard InChI is InChI=1S/C25H24S9/c1-25(17(29-5)9-13-33-25)24-19(21-15(27-3)7-11-31-21)18(20-14(26-2)6-10-30-20)23(34-24)22-16(28-4)8-12-32-22/h6-13,17H,1-5H3. The second kappa shape index (κ2) is 11.0. The third-order valence-electron chi connectivity index (χ3n) is 5.93. The predicted molar refractivity (Wildman–Crippen MR) is 171 cm³/mol. The molecule has 1 aliphatic heterocycles. The number of rotatable bonds is 8. The van der Waals surface area contributed by atoms with Crippen molar-refractivity contribution >= 4 is 104 Å². The fraction of sp³-hybridized carbons (Fsp3) is 0.280. The monoisotopic (exact) mass is 612 g/mol. The molecule has 0 saturated carbocycles. The molecule has 2 atom stereocenters. The van der Waals surface area contributed by atoms with E-state index in [9.17, 15) is 0 Å². The van der Waals surface area contributed by atoms with Gasteiger partial charge in [-0.3, -0.25) is 0 Å². The number of thiophene rings is 4. The predicted octanol–water partition coefficient (Wildman–Crippen LogP) is 11.3. The highest BCUT2D eigenvalue weighted by Gasteiger charge is 2.43. The van der Waals surface area contributed by atoms with Crippen LogP contribution < -0.4 is 0 Å². The van der Waals surface area contributed by atoms with Crippen molar-refractivity contribution in [2.24, 2.45) is 0 Å². The average Bonchev–Trinajstić information content (AvgIpc) is 3.66. The molecule has 4 aromatic heterocycles. The Morgan fingerprint density at radius 3 is 1.79 bits per heavy atom. The van der Waals surface area contributed by atoms with Crippen molar-refractivity contribution in [2.45, 2.75) is 31.6 Å². The third kappa shape index (κ3) is 4.35. The van der Waals surface area contributed by atoms with Gasteiger partial charge in [0.1, 0.15) is 0 Å². The SMILES string of the molecule is CSc1ccsc1-c1sc(C2(C)SC=CC2SC)c(-c2sccc2SC)c1-c1sccc1SC. The summed E-state index contributed by atoms with van der Waals surface area (Å²) in [5.74, 6) is 0. The van der Waals surface area contributed by atoms with Gasteiger partial charge in [0.15, 0.2) is 0 Å². The van der Waals surface area contributed by atoms with Crippen LogP contribution >= 0.6 is 104 Å². The van der Waals surface area contributed by atoms with E-state index in [1.54, 1.807) is 0 Å². The van der Waals surface area contributed by atoms with Crippen LogP contribution in [0.15, 0.2) is 60.5 Å². The minimum Gasteiger partial charge on any atom is -0.156 e. The van der Waals surface area contributed by atoms with E-state index in [0.717, 1.165) is 0 Å². The maximum atomic E-state index is 2.46. The second-order valence-electron chi connectivity index (χ2n) is 7.67. The summed E-state index contributed by atoms with van der Waals surface area (Å²) in [6, 6.07) is 6.88. The van der Waals surface area contributed by atoms with Gasteiger partial charge in [-0.25, -0.2) is 0 Å². The van der Waals surface area contributed by atoms with Crippen molar-refractivity contribution in [3.05, 3.63) is 50.7 Å². The first-order valence-electron chi connectivity index (χ1n) is 10.5. The molecular formula is C25H24S9. The summed E-state index contributed by atoms with van der Waals surface area (Å²) in [7, 11) is 0. The fourth-order valence-electron chi connectivity index (χ4n) is 4.27. The average molecular weight is 613 g/mol. The maximum absolute atomic E-state index is 2.46. The summed E-state index contributed by atoms with van der Waals surface area (Å²) < 4.78 is 0.0135. The summed E-state index contributed by atoms with van der Waals surface area (Å²) in [5, 5.41) is 9.57. The van der Waals surface area contributed by atoms with Gasteiger partial charge in [-0.15, -0.1) is 92.4 Å². The number of hydrogen-bond donors (Lipinski definition) is 0. The van der Waals surface area contributed by atoms with Crippen LogP contribution in [0.5, 0.6) is 0 Å². The molecule has 0 nitrogen and oxygen atoms in total. The lowest BCUT2D eigenvalue weighted by Gasteiger charge is -2.30. The van der Waals surface area contributed by atoms with Gasteiger partial charge < -0.3 is 0 Å². The lowest BCUT2D eigenvalue weighted by Crippen LogP contribution is -2.25. The van der Waals surface area contributed by atoms with Crippen LogP contribution in [0.25, 0.3) is 30.6 Å². The smallest absolute Gasteiger partial charge is 0.0674 e. The van der Waals surface area contributed by atoms with Crippen LogP contribution in [0.2, 0.25) is 0 Å². The Balaban J connectivity index is 1.91. The van der Waals surface area contributed by atoms with Crippen molar-refractivity contribution in [3.8, 4) is 30.6 Å². The van der Waals surface area contributed by atoms with Crippen LogP contribution in [0.1, 0.15) is 11.8 Å². The Labute approximate surface area is 239 Å². The van der Waals surface area contributed by atoms with E-state index in [0.29, 0.717) is 5.25 Å². The normalized spacial score (nSPS) is 20.0. The highest BCUT2D eigenvalue weighted by Crippen LogP contribution is 2.62. The van der Waals surface area contributed by atoms with E-state index < -0.39 is 0 Å². The van der Waals surface area contributed by atoms with Gasteiger partial charge in [-0.05, 0) is 71.7 Å². The van der Waals surface area contributed by atoms with Crippen LogP contribution in [-0.4, -0.2) is 30.3 Å². The quantitative estimate of drug-likeness (QED) is 0.181. The third-order valence-corrected chi connectivity index (χ3v) is 15.7. The first-order valence-corrected chi connectivity index (χ1v) is 19.8. The van der Waals surface area contributed by atoms with E-state index in [-0.39, 0.29) is 4.75 Å². The Kier molecular flexibility index (Phi) is 8.35. The first kappa shape index (κ1) is 25.9. The largest absolute Gasteiger partial charge is 0.156 e. The molecule has 0 bridgehead atoms. The molecule has 0 N–H and O–H groups in total. The number of hydrogen-bond acceptors (Lipinski definition) is 9. The second-order valence-corrected chi connectivity index (χ2v) is 16.3. The van der Waals surface area contributed by atoms with Gasteiger partial charge in [0.2, 0.25) is 0 Å². The molecule has 5 heterocycles. The molecule has 0 aromatic carbocycles. The Bertz CT molecular complexity index is 1320. The van der Waals surface area contributed by atoms with Crippen LogP contribution in [0.4, 0.5) is 0 Å². The highest BCUT2D eigenvalue weighted by molar-refractivity contribution is 8.06. The zero-order chi connectivity index (χ0) is 23.9. The van der Waals surface area contributed by atoms with E-state index in [1.165, 1.54) is 50.2 Å². The van der Waals surface area contributed by atoms with Gasteiger partial charge in [0, 0.05) is 45.7 Å². The van der Waals surface area contributed by atoms with Gasteiger partial charge in [-0.2, -0.15) is 11.8 Å². The van der Waals surface area contributed by atoms with Gasteiger partial charge in [-0.1, -0.05) is 6.08 Å². The summed E-state index contributed by atoms with van der Waals surface area (Å²) in [4.78, 5) is 11.4. The van der Waals surface area contributed by atoms with Gasteiger partial charge in [0.25, 0.3) is 0 Å². The fourth-order valence-corrected chi connectivity index (χ4v) is 14.1. The topological polar surface area (TPSA) is 0 Å². The molecule has 0 saturated heterocycles. The molecule has 9 heteroatoms.